The van der Waals surface area contributed by atoms with Crippen molar-refractivity contribution in [2.45, 2.75) is 13.3 Å². The van der Waals surface area contributed by atoms with Gasteiger partial charge < -0.3 is 15.0 Å². The van der Waals surface area contributed by atoms with Crippen LogP contribution in [0.25, 0.3) is 0 Å². The second-order valence-electron chi connectivity index (χ2n) is 5.58. The maximum absolute atomic E-state index is 13.6. The molecule has 0 spiro atoms. The fourth-order valence-corrected chi connectivity index (χ4v) is 2.38. The van der Waals surface area contributed by atoms with Crippen LogP contribution >= 0.6 is 0 Å². The van der Waals surface area contributed by atoms with Crippen molar-refractivity contribution in [3.63, 3.8) is 0 Å². The number of para-hydroxylation sites is 1. The maximum atomic E-state index is 13.6. The van der Waals surface area contributed by atoms with Gasteiger partial charge in [-0.25, -0.2) is 8.78 Å². The molecule has 2 aromatic carbocycles. The fourth-order valence-electron chi connectivity index (χ4n) is 2.38. The third-order valence-electron chi connectivity index (χ3n) is 3.81. The summed E-state index contributed by atoms with van der Waals surface area (Å²) in [4.78, 5) is 25.8. The largest absolute Gasteiger partial charge is 0.497 e. The number of nitrogens with one attached hydrogen (secondary N) is 1. The lowest BCUT2D eigenvalue weighted by atomic mass is 10.1. The average molecular weight is 362 g/mol. The zero-order valence-electron chi connectivity index (χ0n) is 14.6. The van der Waals surface area contributed by atoms with E-state index >= 15 is 0 Å². The lowest BCUT2D eigenvalue weighted by Gasteiger charge is -2.20. The highest BCUT2D eigenvalue weighted by molar-refractivity contribution is 5.95. The first-order valence-electron chi connectivity index (χ1n) is 8.09. The minimum Gasteiger partial charge on any atom is -0.497 e. The van der Waals surface area contributed by atoms with Crippen LogP contribution in [0.15, 0.2) is 42.5 Å². The lowest BCUT2D eigenvalue weighted by Crippen LogP contribution is -2.38. The van der Waals surface area contributed by atoms with E-state index in [0.29, 0.717) is 12.3 Å². The highest BCUT2D eigenvalue weighted by Gasteiger charge is 2.18. The molecule has 138 valence electrons. The number of halogens is 2. The molecular weight excluding hydrogens is 342 g/mol. The summed E-state index contributed by atoms with van der Waals surface area (Å²) in [6.07, 6.45) is 0.110. The fraction of sp³-hybridized carbons (Fsp3) is 0.263. The smallest absolute Gasteiger partial charge is 0.244 e. The molecule has 0 radical (unpaired) electrons. The number of anilines is 1. The molecular formula is C19H20F2N2O3. The van der Waals surface area contributed by atoms with Gasteiger partial charge in [-0.1, -0.05) is 18.2 Å². The molecule has 0 saturated heterocycles. The van der Waals surface area contributed by atoms with Gasteiger partial charge in [0.05, 0.1) is 20.1 Å². The number of rotatable bonds is 7. The summed E-state index contributed by atoms with van der Waals surface area (Å²) in [6, 6.07) is 10.3. The Morgan fingerprint density at radius 1 is 1.08 bits per heavy atom. The van der Waals surface area contributed by atoms with E-state index in [2.05, 4.69) is 5.32 Å². The number of methoxy groups -OCH3 is 1. The molecule has 2 aromatic rings. The minimum absolute atomic E-state index is 0.110. The molecule has 0 heterocycles. The number of ether oxygens (including phenoxy) is 1. The van der Waals surface area contributed by atoms with Crippen molar-refractivity contribution >= 4 is 17.5 Å². The van der Waals surface area contributed by atoms with Crippen LogP contribution in [0.1, 0.15) is 12.5 Å². The zero-order valence-corrected chi connectivity index (χ0v) is 14.6. The second-order valence-corrected chi connectivity index (χ2v) is 5.58. The predicted molar refractivity (Wildman–Crippen MR) is 93.9 cm³/mol. The van der Waals surface area contributed by atoms with E-state index in [-0.39, 0.29) is 18.9 Å². The molecule has 0 atom stereocenters. The molecule has 0 aliphatic heterocycles. The van der Waals surface area contributed by atoms with Gasteiger partial charge >= 0.3 is 0 Å². The van der Waals surface area contributed by atoms with E-state index < -0.39 is 23.2 Å². The molecule has 26 heavy (non-hydrogen) atoms. The molecule has 0 unspecified atom stereocenters. The third-order valence-corrected chi connectivity index (χ3v) is 3.81. The van der Waals surface area contributed by atoms with Crippen LogP contribution in [0.5, 0.6) is 5.75 Å². The van der Waals surface area contributed by atoms with E-state index in [9.17, 15) is 18.4 Å². The first-order valence-corrected chi connectivity index (χ1v) is 8.09. The van der Waals surface area contributed by atoms with E-state index in [1.165, 1.54) is 11.0 Å². The topological polar surface area (TPSA) is 58.6 Å². The Kier molecular flexibility index (Phi) is 6.66. The van der Waals surface area contributed by atoms with E-state index in [1.807, 2.05) is 0 Å². The Labute approximate surface area is 150 Å². The number of hydrogen-bond donors (Lipinski definition) is 1. The van der Waals surface area contributed by atoms with E-state index in [0.717, 1.165) is 17.7 Å². The lowest BCUT2D eigenvalue weighted by molar-refractivity contribution is -0.133. The molecule has 0 aliphatic carbocycles. The highest BCUT2D eigenvalue weighted by Crippen LogP contribution is 2.18. The highest BCUT2D eigenvalue weighted by atomic mass is 19.1. The zero-order chi connectivity index (χ0) is 19.1. The quantitative estimate of drug-likeness (QED) is 0.824. The van der Waals surface area contributed by atoms with Gasteiger partial charge in [0, 0.05) is 6.54 Å². The number of carbonyl (C=O) groups excluding carboxylic acids is 2. The van der Waals surface area contributed by atoms with Gasteiger partial charge in [0.25, 0.3) is 0 Å². The number of hydrogen-bond acceptors (Lipinski definition) is 3. The van der Waals surface area contributed by atoms with Crippen LogP contribution < -0.4 is 10.1 Å². The monoisotopic (exact) mass is 362 g/mol. The molecule has 1 N–H and O–H groups in total. The number of nitrogens with zero attached hydrogens (tertiary/aromatic N) is 1. The second kappa shape index (κ2) is 8.94. The van der Waals surface area contributed by atoms with Gasteiger partial charge in [-0.3, -0.25) is 9.59 Å². The van der Waals surface area contributed by atoms with Crippen molar-refractivity contribution in [1.82, 2.24) is 4.90 Å². The van der Waals surface area contributed by atoms with Crippen LogP contribution in [0.3, 0.4) is 0 Å². The summed E-state index contributed by atoms with van der Waals surface area (Å²) in [6.45, 7) is 1.73. The molecule has 0 aromatic heterocycles. The molecule has 0 aliphatic rings. The van der Waals surface area contributed by atoms with Crippen molar-refractivity contribution in [2.24, 2.45) is 0 Å². The van der Waals surface area contributed by atoms with Crippen LogP contribution in [-0.2, 0) is 16.0 Å². The summed E-state index contributed by atoms with van der Waals surface area (Å²) in [5, 5.41) is 2.18. The summed E-state index contributed by atoms with van der Waals surface area (Å²) in [7, 11) is 1.55. The molecule has 0 fully saturated rings. The van der Waals surface area contributed by atoms with Crippen molar-refractivity contribution in [2.75, 3.05) is 25.5 Å². The van der Waals surface area contributed by atoms with Crippen molar-refractivity contribution < 1.29 is 23.1 Å². The SMILES string of the molecule is CCN(CC(=O)Nc1c(F)cccc1F)C(=O)Cc1ccc(OC)cc1. The van der Waals surface area contributed by atoms with Gasteiger partial charge in [0.15, 0.2) is 0 Å². The van der Waals surface area contributed by atoms with Crippen LogP contribution in [0.4, 0.5) is 14.5 Å². The van der Waals surface area contributed by atoms with Crippen LogP contribution in [0, 0.1) is 11.6 Å². The Balaban J connectivity index is 1.98. The Hall–Kier alpha value is -2.96. The number of amides is 2. The van der Waals surface area contributed by atoms with Gasteiger partial charge in [0.2, 0.25) is 11.8 Å². The summed E-state index contributed by atoms with van der Waals surface area (Å²) < 4.78 is 32.2. The van der Waals surface area contributed by atoms with Gasteiger partial charge in [-0.2, -0.15) is 0 Å². The third kappa shape index (κ3) is 5.02. The first-order chi connectivity index (χ1) is 12.4. The van der Waals surface area contributed by atoms with Gasteiger partial charge in [-0.05, 0) is 36.8 Å². The van der Waals surface area contributed by atoms with Crippen molar-refractivity contribution in [3.8, 4) is 5.75 Å². The first kappa shape index (κ1) is 19.4. The number of likely N-dealkylation sites (N-methyl/N-ethyl adjacent to an activating group) is 1. The van der Waals surface area contributed by atoms with E-state index in [1.54, 1.807) is 38.3 Å². The number of benzene rings is 2. The predicted octanol–water partition coefficient (Wildman–Crippen LogP) is 3.00. The Morgan fingerprint density at radius 2 is 1.69 bits per heavy atom. The molecule has 0 saturated carbocycles. The molecule has 2 rings (SSSR count). The Bertz CT molecular complexity index is 759. The normalized spacial score (nSPS) is 10.3. The number of carbonyl (C=O) groups is 2. The van der Waals surface area contributed by atoms with Gasteiger partial charge in [0.1, 0.15) is 23.1 Å². The van der Waals surface area contributed by atoms with Gasteiger partial charge in [-0.15, -0.1) is 0 Å². The Morgan fingerprint density at radius 3 is 2.23 bits per heavy atom. The summed E-state index contributed by atoms with van der Waals surface area (Å²) in [5.74, 6) is -1.99. The summed E-state index contributed by atoms with van der Waals surface area (Å²) in [5.41, 5.74) is 0.256. The van der Waals surface area contributed by atoms with Crippen molar-refractivity contribution in [1.29, 1.82) is 0 Å². The van der Waals surface area contributed by atoms with E-state index in [4.69, 9.17) is 4.74 Å². The van der Waals surface area contributed by atoms with Crippen molar-refractivity contribution in [3.05, 3.63) is 59.7 Å². The standard InChI is InChI=1S/C19H20F2N2O3/c1-3-23(18(25)11-13-7-9-14(26-2)10-8-13)12-17(24)22-19-15(20)5-4-6-16(19)21/h4-10H,3,11-12H2,1-2H3,(H,22,24). The maximum Gasteiger partial charge on any atom is 0.244 e. The molecule has 5 nitrogen and oxygen atoms in total. The summed E-state index contributed by atoms with van der Waals surface area (Å²) >= 11 is 0. The average Bonchev–Trinajstić information content (AvgIpc) is 2.63. The van der Waals surface area contributed by atoms with Crippen LogP contribution in [-0.4, -0.2) is 36.9 Å². The van der Waals surface area contributed by atoms with Crippen LogP contribution in [0.2, 0.25) is 0 Å². The molecule has 7 heteroatoms. The molecule has 0 bridgehead atoms. The minimum atomic E-state index is -0.869. The molecule has 2 amide bonds.